The molecule has 0 bridgehead atoms. The number of rotatable bonds is 7. The molecule has 2 heterocycles. The SMILES string of the molecule is CC(C)Oc1cncc(C(CCC2CCCCO2)NN)c1. The molecule has 1 aromatic heterocycles. The topological polar surface area (TPSA) is 69.4 Å². The first kappa shape index (κ1) is 16.2. The third-order valence-electron chi connectivity index (χ3n) is 3.76. The van der Waals surface area contributed by atoms with Gasteiger partial charge in [-0.15, -0.1) is 0 Å². The molecule has 2 atom stereocenters. The Kier molecular flexibility index (Phi) is 6.42. The summed E-state index contributed by atoms with van der Waals surface area (Å²) in [6.07, 6.45) is 9.67. The number of ether oxygens (including phenoxy) is 2. The van der Waals surface area contributed by atoms with Crippen LogP contribution in [0.15, 0.2) is 18.5 Å². The number of nitrogens with zero attached hydrogens (tertiary/aromatic N) is 1. The Morgan fingerprint density at radius 2 is 2.29 bits per heavy atom. The molecular weight excluding hydrogens is 266 g/mol. The molecule has 0 aliphatic carbocycles. The van der Waals surface area contributed by atoms with Crippen LogP contribution in [0.3, 0.4) is 0 Å². The van der Waals surface area contributed by atoms with Crippen molar-refractivity contribution < 1.29 is 9.47 Å². The second kappa shape index (κ2) is 8.32. The molecule has 2 unspecified atom stereocenters. The summed E-state index contributed by atoms with van der Waals surface area (Å²) in [4.78, 5) is 4.25. The van der Waals surface area contributed by atoms with Gasteiger partial charge in [0.2, 0.25) is 0 Å². The molecule has 3 N–H and O–H groups in total. The van der Waals surface area contributed by atoms with Crippen LogP contribution >= 0.6 is 0 Å². The van der Waals surface area contributed by atoms with Gasteiger partial charge in [0, 0.05) is 18.8 Å². The fourth-order valence-corrected chi connectivity index (χ4v) is 2.70. The maximum absolute atomic E-state index is 5.78. The van der Waals surface area contributed by atoms with Crippen molar-refractivity contribution in [2.24, 2.45) is 5.84 Å². The molecular formula is C16H27N3O2. The molecule has 0 amide bonds. The first-order chi connectivity index (χ1) is 10.2. The second-order valence-corrected chi connectivity index (χ2v) is 5.91. The molecule has 0 radical (unpaired) electrons. The van der Waals surface area contributed by atoms with E-state index in [0.717, 1.165) is 37.2 Å². The van der Waals surface area contributed by atoms with Gasteiger partial charge in [0.15, 0.2) is 0 Å². The van der Waals surface area contributed by atoms with E-state index < -0.39 is 0 Å². The standard InChI is InChI=1S/C16H27N3O2/c1-12(2)21-15-9-13(10-18-11-15)16(19-17)7-6-14-5-3-4-8-20-14/h9-12,14,16,19H,3-8,17H2,1-2H3. The van der Waals surface area contributed by atoms with E-state index in [2.05, 4.69) is 10.4 Å². The fourth-order valence-electron chi connectivity index (χ4n) is 2.70. The number of hydrogen-bond acceptors (Lipinski definition) is 5. The smallest absolute Gasteiger partial charge is 0.138 e. The van der Waals surface area contributed by atoms with Crippen molar-refractivity contribution in [3.63, 3.8) is 0 Å². The van der Waals surface area contributed by atoms with Crippen LogP contribution in [0.2, 0.25) is 0 Å². The first-order valence-corrected chi connectivity index (χ1v) is 7.88. The van der Waals surface area contributed by atoms with Gasteiger partial charge in [-0.3, -0.25) is 16.3 Å². The van der Waals surface area contributed by atoms with Crippen molar-refractivity contribution in [2.45, 2.75) is 64.2 Å². The summed E-state index contributed by atoms with van der Waals surface area (Å²) in [5.41, 5.74) is 3.95. The normalized spacial score (nSPS) is 20.5. The summed E-state index contributed by atoms with van der Waals surface area (Å²) < 4.78 is 11.5. The van der Waals surface area contributed by atoms with E-state index in [0.29, 0.717) is 6.10 Å². The lowest BCUT2D eigenvalue weighted by Gasteiger charge is -2.25. The Morgan fingerprint density at radius 3 is 2.95 bits per heavy atom. The van der Waals surface area contributed by atoms with E-state index >= 15 is 0 Å². The lowest BCUT2D eigenvalue weighted by molar-refractivity contribution is 0.00853. The Balaban J connectivity index is 1.92. The monoisotopic (exact) mass is 293 g/mol. The molecule has 118 valence electrons. The molecule has 5 nitrogen and oxygen atoms in total. The van der Waals surface area contributed by atoms with Crippen LogP contribution in [0.5, 0.6) is 5.75 Å². The van der Waals surface area contributed by atoms with Gasteiger partial charge in [-0.2, -0.15) is 0 Å². The van der Waals surface area contributed by atoms with E-state index in [1.54, 1.807) is 6.20 Å². The lowest BCUT2D eigenvalue weighted by atomic mass is 9.98. The number of aromatic nitrogens is 1. The van der Waals surface area contributed by atoms with Gasteiger partial charge >= 0.3 is 0 Å². The number of nitrogens with two attached hydrogens (primary N) is 1. The predicted molar refractivity (Wildman–Crippen MR) is 82.9 cm³/mol. The van der Waals surface area contributed by atoms with Crippen LogP contribution in [0, 0.1) is 0 Å². The number of hydrazine groups is 1. The number of nitrogens with one attached hydrogen (secondary N) is 1. The van der Waals surface area contributed by atoms with Crippen LogP contribution < -0.4 is 16.0 Å². The summed E-state index contributed by atoms with van der Waals surface area (Å²) in [5.74, 6) is 6.50. The van der Waals surface area contributed by atoms with Gasteiger partial charge in [0.1, 0.15) is 5.75 Å². The summed E-state index contributed by atoms with van der Waals surface area (Å²) in [6, 6.07) is 2.10. The Bertz CT molecular complexity index is 420. The van der Waals surface area contributed by atoms with Gasteiger partial charge in [0.05, 0.1) is 18.4 Å². The summed E-state index contributed by atoms with van der Waals surface area (Å²) in [5, 5.41) is 0. The third-order valence-corrected chi connectivity index (χ3v) is 3.76. The summed E-state index contributed by atoms with van der Waals surface area (Å²) in [7, 11) is 0. The molecule has 1 aromatic rings. The van der Waals surface area contributed by atoms with E-state index in [-0.39, 0.29) is 12.1 Å². The highest BCUT2D eigenvalue weighted by Gasteiger charge is 2.18. The maximum atomic E-state index is 5.78. The van der Waals surface area contributed by atoms with Crippen LogP contribution in [-0.2, 0) is 4.74 Å². The molecule has 1 fully saturated rings. The van der Waals surface area contributed by atoms with Crippen molar-refractivity contribution in [1.29, 1.82) is 0 Å². The first-order valence-electron chi connectivity index (χ1n) is 7.88. The zero-order chi connectivity index (χ0) is 15.1. The summed E-state index contributed by atoms with van der Waals surface area (Å²) in [6.45, 7) is 4.90. The van der Waals surface area contributed by atoms with E-state index in [9.17, 15) is 0 Å². The van der Waals surface area contributed by atoms with Crippen molar-refractivity contribution in [3.05, 3.63) is 24.0 Å². The minimum absolute atomic E-state index is 0.0822. The van der Waals surface area contributed by atoms with Crippen LogP contribution in [0.25, 0.3) is 0 Å². The number of hydrogen-bond donors (Lipinski definition) is 2. The zero-order valence-corrected chi connectivity index (χ0v) is 13.0. The average Bonchev–Trinajstić information content (AvgIpc) is 2.49. The Labute approximate surface area is 127 Å². The highest BCUT2D eigenvalue weighted by atomic mass is 16.5. The van der Waals surface area contributed by atoms with Crippen molar-refractivity contribution >= 4 is 0 Å². The molecule has 1 aliphatic heterocycles. The predicted octanol–water partition coefficient (Wildman–Crippen LogP) is 2.72. The van der Waals surface area contributed by atoms with Crippen molar-refractivity contribution in [3.8, 4) is 5.75 Å². The van der Waals surface area contributed by atoms with Gasteiger partial charge in [-0.1, -0.05) is 0 Å². The van der Waals surface area contributed by atoms with Gasteiger partial charge in [0.25, 0.3) is 0 Å². The largest absolute Gasteiger partial charge is 0.489 e. The molecule has 0 aromatic carbocycles. The van der Waals surface area contributed by atoms with Gasteiger partial charge in [-0.25, -0.2) is 0 Å². The Hall–Kier alpha value is -1.17. The van der Waals surface area contributed by atoms with E-state index in [1.807, 2.05) is 26.1 Å². The zero-order valence-electron chi connectivity index (χ0n) is 13.0. The molecule has 2 rings (SSSR count). The molecule has 21 heavy (non-hydrogen) atoms. The van der Waals surface area contributed by atoms with E-state index in [1.165, 1.54) is 12.8 Å². The van der Waals surface area contributed by atoms with Gasteiger partial charge < -0.3 is 9.47 Å². The van der Waals surface area contributed by atoms with Crippen LogP contribution in [0.1, 0.15) is 57.6 Å². The molecule has 0 spiro atoms. The third kappa shape index (κ3) is 5.26. The lowest BCUT2D eigenvalue weighted by Crippen LogP contribution is -2.30. The highest BCUT2D eigenvalue weighted by Crippen LogP contribution is 2.25. The highest BCUT2D eigenvalue weighted by molar-refractivity contribution is 5.26. The summed E-state index contributed by atoms with van der Waals surface area (Å²) >= 11 is 0. The quantitative estimate of drug-likeness (QED) is 0.597. The van der Waals surface area contributed by atoms with E-state index in [4.69, 9.17) is 15.3 Å². The molecule has 1 saturated heterocycles. The van der Waals surface area contributed by atoms with Crippen molar-refractivity contribution in [1.82, 2.24) is 10.4 Å². The molecule has 0 saturated carbocycles. The molecule has 5 heteroatoms. The maximum Gasteiger partial charge on any atom is 0.138 e. The van der Waals surface area contributed by atoms with Crippen LogP contribution in [0.4, 0.5) is 0 Å². The van der Waals surface area contributed by atoms with Crippen molar-refractivity contribution in [2.75, 3.05) is 6.61 Å². The molecule has 1 aliphatic rings. The second-order valence-electron chi connectivity index (χ2n) is 5.91. The van der Waals surface area contributed by atoms with Gasteiger partial charge in [-0.05, 0) is 57.6 Å². The minimum atomic E-state index is 0.0822. The van der Waals surface area contributed by atoms with Crippen LogP contribution in [-0.4, -0.2) is 23.8 Å². The average molecular weight is 293 g/mol. The fraction of sp³-hybridized carbons (Fsp3) is 0.688. The Morgan fingerprint density at radius 1 is 1.43 bits per heavy atom. The number of pyridine rings is 1. The minimum Gasteiger partial charge on any atom is -0.489 e.